The third-order valence-electron chi connectivity index (χ3n) is 3.17. The minimum atomic E-state index is -0.0219. The fourth-order valence-corrected chi connectivity index (χ4v) is 1.95. The van der Waals surface area contributed by atoms with Crippen LogP contribution in [0.5, 0.6) is 0 Å². The van der Waals surface area contributed by atoms with Gasteiger partial charge in [0.2, 0.25) is 0 Å². The maximum absolute atomic E-state index is 8.90. The van der Waals surface area contributed by atoms with Gasteiger partial charge in [0.1, 0.15) is 0 Å². The molecule has 1 fully saturated rings. The van der Waals surface area contributed by atoms with E-state index >= 15 is 0 Å². The molecule has 1 saturated carbocycles. The van der Waals surface area contributed by atoms with Crippen LogP contribution in [0.3, 0.4) is 0 Å². The topological polar surface area (TPSA) is 23.8 Å². The third-order valence-corrected chi connectivity index (χ3v) is 3.17. The summed E-state index contributed by atoms with van der Waals surface area (Å²) in [7, 11) is 0. The van der Waals surface area contributed by atoms with Crippen LogP contribution >= 0.6 is 0 Å². The van der Waals surface area contributed by atoms with E-state index in [1.54, 1.807) is 0 Å². The Hall–Kier alpha value is -0.510. The van der Waals surface area contributed by atoms with E-state index in [2.05, 4.69) is 26.8 Å². The summed E-state index contributed by atoms with van der Waals surface area (Å²) in [6.07, 6.45) is 3.41. The van der Waals surface area contributed by atoms with Crippen molar-refractivity contribution >= 4 is 0 Å². The smallest absolute Gasteiger partial charge is 0.0686 e. The zero-order valence-electron chi connectivity index (χ0n) is 11.7. The highest BCUT2D eigenvalue weighted by Gasteiger charge is 2.33. The molecule has 0 aromatic rings. The maximum atomic E-state index is 8.90. The SMILES string of the molecule is CC.CC.CC1CCC(C)(C#N)CC1C. The van der Waals surface area contributed by atoms with Crippen LogP contribution in [0.2, 0.25) is 0 Å². The molecule has 3 unspecified atom stereocenters. The highest BCUT2D eigenvalue weighted by molar-refractivity contribution is 4.99. The van der Waals surface area contributed by atoms with Gasteiger partial charge in [-0.3, -0.25) is 0 Å². The van der Waals surface area contributed by atoms with Crippen molar-refractivity contribution in [2.75, 3.05) is 0 Å². The second-order valence-electron chi connectivity index (χ2n) is 4.37. The fraction of sp³-hybridized carbons (Fsp3) is 0.929. The first-order valence-electron chi connectivity index (χ1n) is 6.49. The standard InChI is InChI=1S/C10H17N.2C2H6/c1-8-4-5-10(3,7-11)6-9(8)2;2*1-2/h8-9H,4-6H2,1-3H3;2*1-2H3. The van der Waals surface area contributed by atoms with Gasteiger partial charge in [0.05, 0.1) is 11.5 Å². The Morgan fingerprint density at radius 1 is 1.07 bits per heavy atom. The lowest BCUT2D eigenvalue weighted by Crippen LogP contribution is -2.27. The van der Waals surface area contributed by atoms with E-state index < -0.39 is 0 Å². The molecule has 90 valence electrons. The second kappa shape index (κ2) is 8.77. The Morgan fingerprint density at radius 2 is 1.53 bits per heavy atom. The molecule has 3 atom stereocenters. The molecular formula is C14H29N. The van der Waals surface area contributed by atoms with E-state index in [0.29, 0.717) is 0 Å². The zero-order chi connectivity index (χ0) is 12.5. The van der Waals surface area contributed by atoms with E-state index in [0.717, 1.165) is 24.7 Å². The molecule has 1 heteroatoms. The molecule has 0 heterocycles. The van der Waals surface area contributed by atoms with Gasteiger partial charge >= 0.3 is 0 Å². The van der Waals surface area contributed by atoms with Gasteiger partial charge in [-0.05, 0) is 38.0 Å². The number of rotatable bonds is 0. The van der Waals surface area contributed by atoms with Gasteiger partial charge in [0.25, 0.3) is 0 Å². The molecule has 0 aromatic heterocycles. The van der Waals surface area contributed by atoms with Crippen molar-refractivity contribution in [3.8, 4) is 6.07 Å². The summed E-state index contributed by atoms with van der Waals surface area (Å²) in [6, 6.07) is 2.43. The molecule has 1 aliphatic carbocycles. The van der Waals surface area contributed by atoms with Crippen LogP contribution in [0.25, 0.3) is 0 Å². The molecule has 0 amide bonds. The van der Waals surface area contributed by atoms with Crippen molar-refractivity contribution in [2.45, 2.75) is 67.7 Å². The second-order valence-corrected chi connectivity index (χ2v) is 4.37. The van der Waals surface area contributed by atoms with Crippen LogP contribution < -0.4 is 0 Å². The summed E-state index contributed by atoms with van der Waals surface area (Å²) in [4.78, 5) is 0. The van der Waals surface area contributed by atoms with Gasteiger partial charge in [-0.15, -0.1) is 0 Å². The molecule has 0 spiro atoms. The van der Waals surface area contributed by atoms with Crippen molar-refractivity contribution in [1.82, 2.24) is 0 Å². The van der Waals surface area contributed by atoms with E-state index in [9.17, 15) is 0 Å². The van der Waals surface area contributed by atoms with Crippen molar-refractivity contribution in [3.63, 3.8) is 0 Å². The first-order valence-corrected chi connectivity index (χ1v) is 6.49. The molecule has 1 rings (SSSR count). The third kappa shape index (κ3) is 5.82. The number of hydrogen-bond donors (Lipinski definition) is 0. The maximum Gasteiger partial charge on any atom is 0.0686 e. The molecule has 0 aromatic carbocycles. The molecule has 0 N–H and O–H groups in total. The van der Waals surface area contributed by atoms with Gasteiger partial charge < -0.3 is 0 Å². The number of nitrogens with zero attached hydrogens (tertiary/aromatic N) is 1. The van der Waals surface area contributed by atoms with Gasteiger partial charge in [0, 0.05) is 0 Å². The molecule has 0 aliphatic heterocycles. The predicted octanol–water partition coefficient (Wildman–Crippen LogP) is 5.02. The molecule has 0 radical (unpaired) electrons. The molecule has 1 aliphatic rings. The summed E-state index contributed by atoms with van der Waals surface area (Å²) >= 11 is 0. The minimum absolute atomic E-state index is 0.0219. The summed E-state index contributed by atoms with van der Waals surface area (Å²) in [6.45, 7) is 14.6. The lowest BCUT2D eigenvalue weighted by atomic mass is 9.68. The molecule has 1 nitrogen and oxygen atoms in total. The van der Waals surface area contributed by atoms with Crippen molar-refractivity contribution in [2.24, 2.45) is 17.3 Å². The minimum Gasteiger partial charge on any atom is -0.198 e. The predicted molar refractivity (Wildman–Crippen MR) is 68.6 cm³/mol. The first kappa shape index (κ1) is 16.9. The monoisotopic (exact) mass is 211 g/mol. The average molecular weight is 211 g/mol. The Balaban J connectivity index is 0. The van der Waals surface area contributed by atoms with Crippen LogP contribution in [0.4, 0.5) is 0 Å². The average Bonchev–Trinajstić information content (AvgIpc) is 2.30. The Bertz CT molecular complexity index is 180. The Labute approximate surface area is 96.9 Å². The van der Waals surface area contributed by atoms with Gasteiger partial charge in [0.15, 0.2) is 0 Å². The molecule has 0 bridgehead atoms. The summed E-state index contributed by atoms with van der Waals surface area (Å²) in [5.74, 6) is 1.55. The summed E-state index contributed by atoms with van der Waals surface area (Å²) < 4.78 is 0. The van der Waals surface area contributed by atoms with Crippen LogP contribution in [0.1, 0.15) is 67.7 Å². The van der Waals surface area contributed by atoms with Crippen LogP contribution in [0.15, 0.2) is 0 Å². The number of hydrogen-bond acceptors (Lipinski definition) is 1. The van der Waals surface area contributed by atoms with E-state index in [1.165, 1.54) is 6.42 Å². The van der Waals surface area contributed by atoms with E-state index in [4.69, 9.17) is 5.26 Å². The largest absolute Gasteiger partial charge is 0.198 e. The van der Waals surface area contributed by atoms with Crippen molar-refractivity contribution in [3.05, 3.63) is 0 Å². The van der Waals surface area contributed by atoms with Gasteiger partial charge in [-0.25, -0.2) is 0 Å². The highest BCUT2D eigenvalue weighted by Crippen LogP contribution is 2.41. The van der Waals surface area contributed by atoms with Crippen molar-refractivity contribution in [1.29, 1.82) is 5.26 Å². The summed E-state index contributed by atoms with van der Waals surface area (Å²) in [5.41, 5.74) is -0.0219. The first-order chi connectivity index (χ1) is 7.07. The van der Waals surface area contributed by atoms with Gasteiger partial charge in [-0.2, -0.15) is 5.26 Å². The van der Waals surface area contributed by atoms with Gasteiger partial charge in [-0.1, -0.05) is 41.5 Å². The zero-order valence-corrected chi connectivity index (χ0v) is 11.7. The highest BCUT2D eigenvalue weighted by atomic mass is 14.4. The molecule has 15 heavy (non-hydrogen) atoms. The lowest BCUT2D eigenvalue weighted by Gasteiger charge is -2.35. The quantitative estimate of drug-likeness (QED) is 0.551. The van der Waals surface area contributed by atoms with E-state index in [1.807, 2.05) is 27.7 Å². The van der Waals surface area contributed by atoms with Crippen LogP contribution in [0, 0.1) is 28.6 Å². The van der Waals surface area contributed by atoms with Crippen molar-refractivity contribution < 1.29 is 0 Å². The Kier molecular flexibility index (Phi) is 9.88. The molecule has 0 saturated heterocycles. The Morgan fingerprint density at radius 3 is 1.87 bits per heavy atom. The van der Waals surface area contributed by atoms with E-state index in [-0.39, 0.29) is 5.41 Å². The molecular weight excluding hydrogens is 182 g/mol. The number of nitriles is 1. The summed E-state index contributed by atoms with van der Waals surface area (Å²) in [5, 5.41) is 8.90. The van der Waals surface area contributed by atoms with Crippen LogP contribution in [-0.4, -0.2) is 0 Å². The van der Waals surface area contributed by atoms with Crippen LogP contribution in [-0.2, 0) is 0 Å². The fourth-order valence-electron chi connectivity index (χ4n) is 1.95. The normalized spacial score (nSPS) is 33.7. The lowest BCUT2D eigenvalue weighted by molar-refractivity contribution is 0.170.